The Morgan fingerprint density at radius 3 is 2.27 bits per heavy atom. The van der Waals surface area contributed by atoms with Crippen LogP contribution >= 0.6 is 12.4 Å². The van der Waals surface area contributed by atoms with Crippen molar-refractivity contribution >= 4 is 30.0 Å². The third-order valence-corrected chi connectivity index (χ3v) is 4.70. The molecule has 0 atom stereocenters. The summed E-state index contributed by atoms with van der Waals surface area (Å²) in [5, 5.41) is 3.16. The summed E-state index contributed by atoms with van der Waals surface area (Å²) < 4.78 is 38.0. The van der Waals surface area contributed by atoms with Crippen LogP contribution in [0.15, 0.2) is 18.3 Å². The number of carbonyl (C=O) groups excluding carboxylic acids is 2. The summed E-state index contributed by atoms with van der Waals surface area (Å²) >= 11 is 0. The van der Waals surface area contributed by atoms with E-state index in [0.717, 1.165) is 23.2 Å². The summed E-state index contributed by atoms with van der Waals surface area (Å²) in [5.74, 6) is -0.394. The number of nitrogens with zero attached hydrogens (tertiary/aromatic N) is 3. The number of carbonyl (C=O) groups is 2. The highest BCUT2D eigenvalue weighted by atomic mass is 35.5. The topological polar surface area (TPSA) is 65.5 Å². The molecule has 2 aliphatic rings. The third kappa shape index (κ3) is 3.14. The second kappa shape index (κ2) is 7.03. The summed E-state index contributed by atoms with van der Waals surface area (Å²) in [7, 11) is 0. The highest BCUT2D eigenvalue weighted by Crippen LogP contribution is 2.39. The molecule has 26 heavy (non-hydrogen) atoms. The first kappa shape index (κ1) is 20.4. The van der Waals surface area contributed by atoms with Gasteiger partial charge in [-0.05, 0) is 51.9 Å². The average Bonchev–Trinajstić information content (AvgIpc) is 2.75. The Balaban J connectivity index is 0.00000243. The van der Waals surface area contributed by atoms with Gasteiger partial charge in [0.05, 0.1) is 11.9 Å². The number of alkyl halides is 3. The fourth-order valence-corrected chi connectivity index (χ4v) is 3.61. The van der Waals surface area contributed by atoms with Crippen molar-refractivity contribution in [2.45, 2.75) is 44.4 Å². The number of rotatable bonds is 2. The lowest BCUT2D eigenvalue weighted by atomic mass is 9.86. The predicted molar refractivity (Wildman–Crippen MR) is 91.2 cm³/mol. The molecule has 1 N–H and O–H groups in total. The molecule has 2 saturated heterocycles. The van der Waals surface area contributed by atoms with E-state index in [1.54, 1.807) is 4.90 Å². The van der Waals surface area contributed by atoms with Gasteiger partial charge in [-0.3, -0.25) is 4.79 Å². The molecule has 144 valence electrons. The molecule has 1 aromatic rings. The fourth-order valence-electron chi connectivity index (χ4n) is 3.61. The molecule has 1 spiro atoms. The summed E-state index contributed by atoms with van der Waals surface area (Å²) in [4.78, 5) is 31.8. The number of anilines is 1. The van der Waals surface area contributed by atoms with E-state index in [2.05, 4.69) is 10.3 Å². The average molecular weight is 393 g/mol. The van der Waals surface area contributed by atoms with Crippen molar-refractivity contribution in [2.24, 2.45) is 0 Å². The Bertz CT molecular complexity index is 688. The quantitative estimate of drug-likeness (QED) is 0.786. The molecule has 0 aliphatic carbocycles. The van der Waals surface area contributed by atoms with Gasteiger partial charge >= 0.3 is 12.2 Å². The lowest BCUT2D eigenvalue weighted by Gasteiger charge is -2.40. The number of halogens is 4. The Hall–Kier alpha value is -1.87. The van der Waals surface area contributed by atoms with Crippen molar-refractivity contribution in [2.75, 3.05) is 18.0 Å². The highest BCUT2D eigenvalue weighted by Gasteiger charge is 2.58. The zero-order chi connectivity index (χ0) is 18.4. The molecule has 10 heteroatoms. The lowest BCUT2D eigenvalue weighted by molar-refractivity contribution is -0.141. The van der Waals surface area contributed by atoms with Crippen molar-refractivity contribution in [3.05, 3.63) is 24.0 Å². The minimum absolute atomic E-state index is 0. The summed E-state index contributed by atoms with van der Waals surface area (Å²) in [6.07, 6.45) is -2.70. The SMILES string of the molecule is CC(C)N1C(=O)N(c2ccc(C(F)(F)F)nc2)C(=O)C12CCNCC2.Cl. The molecule has 1 aromatic heterocycles. The Labute approximate surface area is 155 Å². The fraction of sp³-hybridized carbons (Fsp3) is 0.562. The van der Waals surface area contributed by atoms with Crippen LogP contribution in [-0.2, 0) is 11.0 Å². The highest BCUT2D eigenvalue weighted by molar-refractivity contribution is 6.23. The first-order chi connectivity index (χ1) is 11.7. The minimum atomic E-state index is -4.57. The third-order valence-electron chi connectivity index (χ3n) is 4.70. The number of amides is 3. The normalized spacial score (nSPS) is 20.1. The molecule has 0 bridgehead atoms. The monoisotopic (exact) mass is 392 g/mol. The largest absolute Gasteiger partial charge is 0.433 e. The lowest BCUT2D eigenvalue weighted by Crippen LogP contribution is -2.57. The van der Waals surface area contributed by atoms with Crippen molar-refractivity contribution in [3.63, 3.8) is 0 Å². The van der Waals surface area contributed by atoms with Gasteiger partial charge in [-0.2, -0.15) is 13.2 Å². The molecule has 0 aromatic carbocycles. The number of hydrogen-bond acceptors (Lipinski definition) is 4. The first-order valence-electron chi connectivity index (χ1n) is 8.10. The summed E-state index contributed by atoms with van der Waals surface area (Å²) in [6.45, 7) is 4.84. The summed E-state index contributed by atoms with van der Waals surface area (Å²) in [6, 6.07) is 1.18. The molecule has 0 saturated carbocycles. The molecule has 3 heterocycles. The van der Waals surface area contributed by atoms with Crippen LogP contribution in [0.1, 0.15) is 32.4 Å². The second-order valence-corrected chi connectivity index (χ2v) is 6.57. The zero-order valence-electron chi connectivity index (χ0n) is 14.3. The maximum absolute atomic E-state index is 13.1. The van der Waals surface area contributed by atoms with E-state index in [4.69, 9.17) is 0 Å². The Morgan fingerprint density at radius 1 is 1.19 bits per heavy atom. The van der Waals surface area contributed by atoms with E-state index < -0.39 is 29.3 Å². The van der Waals surface area contributed by atoms with E-state index in [0.29, 0.717) is 25.9 Å². The van der Waals surface area contributed by atoms with Gasteiger partial charge in [0.25, 0.3) is 5.91 Å². The van der Waals surface area contributed by atoms with Crippen LogP contribution in [-0.4, -0.2) is 46.5 Å². The first-order valence-corrected chi connectivity index (χ1v) is 8.10. The van der Waals surface area contributed by atoms with Gasteiger partial charge in [-0.1, -0.05) is 0 Å². The van der Waals surface area contributed by atoms with Crippen LogP contribution in [0, 0.1) is 0 Å². The number of nitrogens with one attached hydrogen (secondary N) is 1. The van der Waals surface area contributed by atoms with Gasteiger partial charge in [0.15, 0.2) is 0 Å². The maximum Gasteiger partial charge on any atom is 0.433 e. The zero-order valence-corrected chi connectivity index (χ0v) is 15.2. The van der Waals surface area contributed by atoms with Gasteiger partial charge in [-0.25, -0.2) is 14.7 Å². The summed E-state index contributed by atoms with van der Waals surface area (Å²) in [5.41, 5.74) is -1.95. The Morgan fingerprint density at radius 2 is 1.81 bits per heavy atom. The van der Waals surface area contributed by atoms with Gasteiger partial charge in [0.2, 0.25) is 0 Å². The van der Waals surface area contributed by atoms with Crippen molar-refractivity contribution in [1.29, 1.82) is 0 Å². The van der Waals surface area contributed by atoms with E-state index in [9.17, 15) is 22.8 Å². The molecule has 3 rings (SSSR count). The van der Waals surface area contributed by atoms with E-state index in [-0.39, 0.29) is 24.1 Å². The van der Waals surface area contributed by atoms with Crippen LogP contribution in [0.3, 0.4) is 0 Å². The molecule has 2 fully saturated rings. The van der Waals surface area contributed by atoms with Crippen molar-refractivity contribution in [3.8, 4) is 0 Å². The number of pyridine rings is 1. The minimum Gasteiger partial charge on any atom is -0.317 e. The van der Waals surface area contributed by atoms with Gasteiger partial charge in [0, 0.05) is 6.04 Å². The number of aromatic nitrogens is 1. The van der Waals surface area contributed by atoms with Gasteiger partial charge < -0.3 is 10.2 Å². The number of piperidine rings is 1. The van der Waals surface area contributed by atoms with E-state index >= 15 is 0 Å². The van der Waals surface area contributed by atoms with Crippen molar-refractivity contribution < 1.29 is 22.8 Å². The molecule has 2 aliphatic heterocycles. The van der Waals surface area contributed by atoms with E-state index in [1.165, 1.54) is 0 Å². The Kier molecular flexibility index (Phi) is 5.53. The molecule has 6 nitrogen and oxygen atoms in total. The van der Waals surface area contributed by atoms with Crippen LogP contribution in [0.25, 0.3) is 0 Å². The second-order valence-electron chi connectivity index (χ2n) is 6.57. The molecule has 3 amide bonds. The van der Waals surface area contributed by atoms with Crippen LogP contribution < -0.4 is 10.2 Å². The molecule has 0 radical (unpaired) electrons. The standard InChI is InChI=1S/C16H19F3N4O2.ClH/c1-10(2)23-14(25)22(13(24)15(23)5-7-20-8-6-15)11-3-4-12(21-9-11)16(17,18)19;/h3-4,9-10,20H,5-8H2,1-2H3;1H. The predicted octanol–water partition coefficient (Wildman–Crippen LogP) is 2.82. The maximum atomic E-state index is 13.1. The van der Waals surface area contributed by atoms with Gasteiger partial charge in [-0.15, -0.1) is 12.4 Å². The smallest absolute Gasteiger partial charge is 0.317 e. The van der Waals surface area contributed by atoms with Gasteiger partial charge in [0.1, 0.15) is 11.2 Å². The van der Waals surface area contributed by atoms with Crippen LogP contribution in [0.5, 0.6) is 0 Å². The van der Waals surface area contributed by atoms with Crippen molar-refractivity contribution in [1.82, 2.24) is 15.2 Å². The van der Waals surface area contributed by atoms with Crippen LogP contribution in [0.4, 0.5) is 23.7 Å². The molecular weight excluding hydrogens is 373 g/mol. The molecular formula is C16H20ClF3N4O2. The number of hydrogen-bond donors (Lipinski definition) is 1. The number of imide groups is 1. The molecule has 0 unspecified atom stereocenters. The van der Waals surface area contributed by atoms with E-state index in [1.807, 2.05) is 13.8 Å². The van der Waals surface area contributed by atoms with Crippen LogP contribution in [0.2, 0.25) is 0 Å². The number of urea groups is 1.